The minimum Gasteiger partial charge on any atom is -0.410 e. The third-order valence-electron chi connectivity index (χ3n) is 5.12. The molecule has 4 heterocycles. The Kier molecular flexibility index (Phi) is 8.01. The minimum absolute atomic E-state index is 0.0819. The fourth-order valence-corrected chi connectivity index (χ4v) is 7.47. The van der Waals surface area contributed by atoms with Crippen LogP contribution in [0, 0.1) is 0 Å². The highest BCUT2D eigenvalue weighted by Crippen LogP contribution is 2.45. The molecule has 2 aliphatic rings. The zero-order valence-electron chi connectivity index (χ0n) is 18.4. The molecule has 4 N–H and O–H groups in total. The lowest BCUT2D eigenvalue weighted by atomic mass is 10.1. The number of nitrogens with one attached hydrogen (secondary N) is 1. The predicted molar refractivity (Wildman–Crippen MR) is 137 cm³/mol. The van der Waals surface area contributed by atoms with E-state index in [9.17, 15) is 14.8 Å². The summed E-state index contributed by atoms with van der Waals surface area (Å²) in [6, 6.07) is 3.26. The van der Waals surface area contributed by atoms with Gasteiger partial charge in [-0.05, 0) is 31.2 Å². The number of pyridine rings is 1. The highest BCUT2D eigenvalue weighted by atomic mass is 32.2. The van der Waals surface area contributed by atoms with Crippen molar-refractivity contribution < 1.29 is 14.8 Å². The molecule has 0 saturated carbocycles. The van der Waals surface area contributed by atoms with Crippen LogP contribution in [0.15, 0.2) is 39.0 Å². The Labute approximate surface area is 213 Å². The van der Waals surface area contributed by atoms with Crippen LogP contribution in [0.4, 0.5) is 5.13 Å². The van der Waals surface area contributed by atoms with Crippen LogP contribution in [0.5, 0.6) is 0 Å². The minimum atomic E-state index is -0.731. The normalized spacial score (nSPS) is 20.2. The van der Waals surface area contributed by atoms with Crippen LogP contribution in [0.1, 0.15) is 31.8 Å². The van der Waals surface area contributed by atoms with Crippen LogP contribution < -0.4 is 11.1 Å². The summed E-state index contributed by atoms with van der Waals surface area (Å²) in [6.45, 7) is 4.09. The standard InChI is InChI=1S/C20H23N7O3S4/c1-3-7-31-8-11-12(5-4-6-22-11)33-13-9-32-19-15(18(29)27(19)10(13)2)23-17(28)14(25-30)16-24-20(21)34-26-16/h4-6,15,19,30H,3,7-9H2,1-2H3,(H,23,28)(H2,21,24,26)/b25-14-/t15-,19-/m1/s1. The van der Waals surface area contributed by atoms with Gasteiger partial charge in [0.15, 0.2) is 5.13 Å². The van der Waals surface area contributed by atoms with E-state index in [2.05, 4.69) is 37.8 Å². The van der Waals surface area contributed by atoms with Gasteiger partial charge in [-0.3, -0.25) is 19.5 Å². The highest BCUT2D eigenvalue weighted by Gasteiger charge is 2.52. The molecule has 180 valence electrons. The molecule has 1 fully saturated rings. The number of nitrogens with two attached hydrogens (primary N) is 1. The number of anilines is 1. The molecule has 10 nitrogen and oxygen atoms in total. The summed E-state index contributed by atoms with van der Waals surface area (Å²) in [5.41, 5.74) is 7.09. The first-order chi connectivity index (χ1) is 16.4. The summed E-state index contributed by atoms with van der Waals surface area (Å²) in [7, 11) is 0. The molecule has 0 bridgehead atoms. The Hall–Kier alpha value is -2.29. The quantitative estimate of drug-likeness (QED) is 0.143. The molecule has 2 aliphatic heterocycles. The Balaban J connectivity index is 1.44. The van der Waals surface area contributed by atoms with Crippen LogP contribution in [-0.2, 0) is 15.3 Å². The van der Waals surface area contributed by atoms with Crippen molar-refractivity contribution in [3.63, 3.8) is 0 Å². The second-order valence-electron chi connectivity index (χ2n) is 7.38. The number of carbonyl (C=O) groups is 2. The molecule has 0 spiro atoms. The molecule has 2 aromatic rings. The molecular weight excluding hydrogens is 515 g/mol. The Morgan fingerprint density at radius 1 is 1.47 bits per heavy atom. The molecular formula is C20H23N7O3S4. The van der Waals surface area contributed by atoms with Gasteiger partial charge in [0.25, 0.3) is 11.8 Å². The largest absolute Gasteiger partial charge is 0.410 e. The molecule has 0 radical (unpaired) electrons. The Morgan fingerprint density at radius 3 is 3.00 bits per heavy atom. The molecule has 34 heavy (non-hydrogen) atoms. The van der Waals surface area contributed by atoms with Gasteiger partial charge in [0.1, 0.15) is 11.4 Å². The molecule has 0 unspecified atom stereocenters. The maximum Gasteiger partial charge on any atom is 0.278 e. The van der Waals surface area contributed by atoms with Crippen molar-refractivity contribution in [3.05, 3.63) is 40.5 Å². The molecule has 0 aromatic carbocycles. The summed E-state index contributed by atoms with van der Waals surface area (Å²) in [6.07, 6.45) is 2.93. The third kappa shape index (κ3) is 5.04. The van der Waals surface area contributed by atoms with Gasteiger partial charge < -0.3 is 16.3 Å². The number of thioether (sulfide) groups is 3. The van der Waals surface area contributed by atoms with E-state index in [1.807, 2.05) is 30.9 Å². The first-order valence-electron chi connectivity index (χ1n) is 10.4. The topological polar surface area (TPSA) is 147 Å². The lowest BCUT2D eigenvalue weighted by Crippen LogP contribution is -2.70. The lowest BCUT2D eigenvalue weighted by Gasteiger charge is -2.49. The maximum atomic E-state index is 12.9. The lowest BCUT2D eigenvalue weighted by molar-refractivity contribution is -0.144. The number of nitrogen functional groups attached to an aromatic ring is 1. The number of carbonyl (C=O) groups excluding carboxylic acids is 2. The number of aromatic nitrogens is 3. The molecule has 1 saturated heterocycles. The van der Waals surface area contributed by atoms with Crippen molar-refractivity contribution in [2.75, 3.05) is 17.2 Å². The van der Waals surface area contributed by atoms with E-state index < -0.39 is 11.9 Å². The summed E-state index contributed by atoms with van der Waals surface area (Å²) in [5.74, 6) is 1.62. The van der Waals surface area contributed by atoms with Gasteiger partial charge in [0.05, 0.1) is 5.69 Å². The van der Waals surface area contributed by atoms with E-state index >= 15 is 0 Å². The van der Waals surface area contributed by atoms with Gasteiger partial charge in [-0.15, -0.1) is 11.8 Å². The van der Waals surface area contributed by atoms with E-state index in [0.29, 0.717) is 5.75 Å². The molecule has 14 heteroatoms. The number of hydrogen-bond acceptors (Lipinski definition) is 12. The first kappa shape index (κ1) is 24.8. The van der Waals surface area contributed by atoms with Crippen molar-refractivity contribution in [1.29, 1.82) is 0 Å². The number of nitrogens with zero attached hydrogens (tertiary/aromatic N) is 5. The number of amides is 2. The number of allylic oxidation sites excluding steroid dienone is 1. The van der Waals surface area contributed by atoms with E-state index in [0.717, 1.165) is 50.7 Å². The van der Waals surface area contributed by atoms with Crippen molar-refractivity contribution in [2.45, 2.75) is 42.3 Å². The molecule has 0 aliphatic carbocycles. The average molecular weight is 538 g/mol. The second-order valence-corrected chi connectivity index (χ2v) is 11.5. The van der Waals surface area contributed by atoms with Gasteiger partial charge in [-0.25, -0.2) is 0 Å². The first-order valence-corrected chi connectivity index (χ1v) is 14.2. The van der Waals surface area contributed by atoms with Crippen molar-refractivity contribution in [3.8, 4) is 0 Å². The van der Waals surface area contributed by atoms with E-state index in [1.54, 1.807) is 28.4 Å². The molecule has 2 amide bonds. The Morgan fingerprint density at radius 2 is 2.29 bits per heavy atom. The monoisotopic (exact) mass is 537 g/mol. The van der Waals surface area contributed by atoms with E-state index in [4.69, 9.17) is 5.73 Å². The van der Waals surface area contributed by atoms with Gasteiger partial charge >= 0.3 is 0 Å². The second kappa shape index (κ2) is 11.0. The van der Waals surface area contributed by atoms with Crippen LogP contribution in [0.3, 0.4) is 0 Å². The number of oxime groups is 1. The van der Waals surface area contributed by atoms with Crippen LogP contribution in [0.25, 0.3) is 0 Å². The van der Waals surface area contributed by atoms with E-state index in [-0.39, 0.29) is 27.9 Å². The van der Waals surface area contributed by atoms with Crippen LogP contribution >= 0.6 is 46.8 Å². The fourth-order valence-electron chi connectivity index (χ4n) is 3.43. The van der Waals surface area contributed by atoms with Gasteiger partial charge in [-0.1, -0.05) is 23.8 Å². The summed E-state index contributed by atoms with van der Waals surface area (Å²) in [4.78, 5) is 37.8. The zero-order chi connectivity index (χ0) is 24.2. The number of hydrogen-bond donors (Lipinski definition) is 3. The Bertz CT molecular complexity index is 1150. The molecule has 4 rings (SSSR count). The fraction of sp³-hybridized carbons (Fsp3) is 0.400. The zero-order valence-corrected chi connectivity index (χ0v) is 21.7. The predicted octanol–water partition coefficient (Wildman–Crippen LogP) is 2.76. The van der Waals surface area contributed by atoms with Crippen molar-refractivity contribution in [2.24, 2.45) is 5.16 Å². The van der Waals surface area contributed by atoms with Crippen LogP contribution in [0.2, 0.25) is 0 Å². The summed E-state index contributed by atoms with van der Waals surface area (Å²) >= 11 is 5.97. The molecule has 2 atom stereocenters. The highest BCUT2D eigenvalue weighted by molar-refractivity contribution is 8.06. The third-order valence-corrected chi connectivity index (χ3v) is 9.57. The smallest absolute Gasteiger partial charge is 0.278 e. The molecule has 2 aromatic heterocycles. The van der Waals surface area contributed by atoms with Gasteiger partial charge in [0, 0.05) is 44.7 Å². The van der Waals surface area contributed by atoms with Gasteiger partial charge in [0.2, 0.25) is 11.5 Å². The van der Waals surface area contributed by atoms with Crippen LogP contribution in [-0.4, -0.2) is 64.9 Å². The van der Waals surface area contributed by atoms with Crippen molar-refractivity contribution >= 4 is 69.5 Å². The number of fused-ring (bicyclic) bond motifs is 1. The number of rotatable bonds is 9. The average Bonchev–Trinajstić information content (AvgIpc) is 3.25. The van der Waals surface area contributed by atoms with Crippen molar-refractivity contribution in [1.82, 2.24) is 24.6 Å². The maximum absolute atomic E-state index is 12.9. The SMILES string of the molecule is CCCSCc1ncccc1SC1=C(C)N2C(=O)[C@@H](NC(=O)/C(=N\O)c3nsc(N)n3)[C@H]2SC1. The number of β-lactam (4-membered cyclic amide) rings is 1. The summed E-state index contributed by atoms with van der Waals surface area (Å²) < 4.78 is 3.89. The summed E-state index contributed by atoms with van der Waals surface area (Å²) in [5, 5.41) is 14.8. The van der Waals surface area contributed by atoms with Gasteiger partial charge in [-0.2, -0.15) is 21.1 Å². The van der Waals surface area contributed by atoms with E-state index in [1.165, 1.54) is 0 Å².